The van der Waals surface area contributed by atoms with Crippen molar-refractivity contribution in [2.75, 3.05) is 5.32 Å². The number of anilines is 1. The van der Waals surface area contributed by atoms with Gasteiger partial charge < -0.3 is 15.5 Å². The van der Waals surface area contributed by atoms with Crippen LogP contribution in [-0.2, 0) is 6.18 Å². The molecule has 0 aliphatic carbocycles. The van der Waals surface area contributed by atoms with E-state index in [0.29, 0.717) is 22.6 Å². The van der Waals surface area contributed by atoms with Gasteiger partial charge in [0.2, 0.25) is 0 Å². The van der Waals surface area contributed by atoms with E-state index in [1.807, 2.05) is 0 Å². The number of nitrogens with one attached hydrogen (secondary N) is 1. The molecule has 0 atom stereocenters. The largest absolute Gasteiger partial charge is 0.507 e. The number of aromatic hydroxyl groups is 1. The average molecular weight is 486 g/mol. The first kappa shape index (κ1) is 20.9. The van der Waals surface area contributed by atoms with E-state index < -0.39 is 34.9 Å². The number of halogens is 4. The lowest BCUT2D eigenvalue weighted by Crippen LogP contribution is -2.15. The minimum Gasteiger partial charge on any atom is -0.507 e. The van der Waals surface area contributed by atoms with Crippen molar-refractivity contribution in [1.82, 2.24) is 0 Å². The first-order valence-electron chi connectivity index (χ1n) is 7.90. The number of thiophene rings is 1. The van der Waals surface area contributed by atoms with Crippen LogP contribution < -0.4 is 5.32 Å². The highest BCUT2D eigenvalue weighted by Crippen LogP contribution is 2.37. The van der Waals surface area contributed by atoms with E-state index in [2.05, 4.69) is 21.2 Å². The third kappa shape index (κ3) is 4.43. The van der Waals surface area contributed by atoms with Gasteiger partial charge in [0.25, 0.3) is 5.91 Å². The zero-order chi connectivity index (χ0) is 21.3. The predicted molar refractivity (Wildman–Crippen MR) is 105 cm³/mol. The summed E-state index contributed by atoms with van der Waals surface area (Å²) in [5.74, 6) is -3.08. The molecule has 0 unspecified atom stereocenters. The number of rotatable bonds is 4. The van der Waals surface area contributed by atoms with Crippen LogP contribution in [0, 0.1) is 0 Å². The van der Waals surface area contributed by atoms with Crippen LogP contribution in [0.4, 0.5) is 18.9 Å². The Kier molecular flexibility index (Phi) is 5.67. The van der Waals surface area contributed by atoms with E-state index in [1.54, 1.807) is 24.3 Å². The van der Waals surface area contributed by atoms with Crippen LogP contribution in [0.2, 0.25) is 0 Å². The minimum atomic E-state index is -4.67. The molecule has 0 radical (unpaired) electrons. The van der Waals surface area contributed by atoms with Crippen molar-refractivity contribution in [3.8, 4) is 16.2 Å². The molecule has 5 nitrogen and oxygen atoms in total. The molecule has 150 valence electrons. The second-order valence-electron chi connectivity index (χ2n) is 5.85. The van der Waals surface area contributed by atoms with Gasteiger partial charge in [-0.15, -0.1) is 11.3 Å². The molecule has 1 heterocycles. The Balaban J connectivity index is 1.93. The van der Waals surface area contributed by atoms with Crippen molar-refractivity contribution in [2.24, 2.45) is 0 Å². The monoisotopic (exact) mass is 485 g/mol. The van der Waals surface area contributed by atoms with E-state index in [-0.39, 0.29) is 11.3 Å². The molecule has 0 aliphatic rings. The molecule has 0 spiro atoms. The van der Waals surface area contributed by atoms with Crippen molar-refractivity contribution in [3.63, 3.8) is 0 Å². The van der Waals surface area contributed by atoms with E-state index >= 15 is 0 Å². The number of phenols is 1. The van der Waals surface area contributed by atoms with E-state index in [0.717, 1.165) is 21.9 Å². The summed E-state index contributed by atoms with van der Waals surface area (Å²) in [5, 5.41) is 23.2. The number of aromatic carboxylic acids is 1. The molecule has 0 saturated carbocycles. The van der Waals surface area contributed by atoms with Crippen LogP contribution in [0.25, 0.3) is 10.4 Å². The number of benzene rings is 2. The topological polar surface area (TPSA) is 86.6 Å². The fourth-order valence-corrected chi connectivity index (χ4v) is 3.83. The lowest BCUT2D eigenvalue weighted by atomic mass is 10.1. The second-order valence-corrected chi connectivity index (χ2v) is 7.64. The second kappa shape index (κ2) is 7.88. The van der Waals surface area contributed by atoms with Crippen molar-refractivity contribution in [1.29, 1.82) is 0 Å². The summed E-state index contributed by atoms with van der Waals surface area (Å²) >= 11 is 4.38. The van der Waals surface area contributed by atoms with Gasteiger partial charge in [-0.2, -0.15) is 13.2 Å². The smallest absolute Gasteiger partial charge is 0.416 e. The van der Waals surface area contributed by atoms with Crippen molar-refractivity contribution < 1.29 is 33.0 Å². The van der Waals surface area contributed by atoms with Gasteiger partial charge in [0.1, 0.15) is 11.3 Å². The van der Waals surface area contributed by atoms with Crippen LogP contribution >= 0.6 is 27.3 Å². The number of carbonyl (C=O) groups excluding carboxylic acids is 1. The summed E-state index contributed by atoms with van der Waals surface area (Å²) in [6, 6.07) is 8.81. The zero-order valence-electron chi connectivity index (χ0n) is 14.2. The summed E-state index contributed by atoms with van der Waals surface area (Å²) < 4.78 is 38.9. The Labute approximate surface area is 174 Å². The molecule has 1 amide bonds. The number of carboxylic acid groups (broad SMARTS) is 1. The quantitative estimate of drug-likeness (QED) is 0.432. The number of alkyl halides is 3. The summed E-state index contributed by atoms with van der Waals surface area (Å²) in [5.41, 5.74) is -1.08. The Hall–Kier alpha value is -2.85. The van der Waals surface area contributed by atoms with E-state index in [1.165, 1.54) is 5.38 Å². The maximum atomic E-state index is 12.7. The molecule has 10 heteroatoms. The highest BCUT2D eigenvalue weighted by molar-refractivity contribution is 9.10. The van der Waals surface area contributed by atoms with Crippen molar-refractivity contribution >= 4 is 44.8 Å². The maximum Gasteiger partial charge on any atom is 0.416 e. The van der Waals surface area contributed by atoms with Crippen LogP contribution in [0.15, 0.2) is 52.3 Å². The molecule has 2 aromatic carbocycles. The maximum absolute atomic E-state index is 12.7. The fourth-order valence-electron chi connectivity index (χ4n) is 2.57. The van der Waals surface area contributed by atoms with Gasteiger partial charge in [-0.1, -0.05) is 28.1 Å². The number of amides is 1. The first-order valence-corrected chi connectivity index (χ1v) is 9.57. The highest BCUT2D eigenvalue weighted by atomic mass is 79.9. The number of carboxylic acids is 1. The summed E-state index contributed by atoms with van der Waals surface area (Å²) in [7, 11) is 0. The van der Waals surface area contributed by atoms with Crippen molar-refractivity contribution in [2.45, 2.75) is 6.18 Å². The SMILES string of the molecule is O=C(Nc1csc(-c2ccc(Br)cc2)c1C(=O)O)c1ccc(C(F)(F)F)cc1O. The molecule has 3 N–H and O–H groups in total. The van der Waals surface area contributed by atoms with Crippen LogP contribution in [-0.4, -0.2) is 22.1 Å². The Morgan fingerprint density at radius 2 is 1.72 bits per heavy atom. The van der Waals surface area contributed by atoms with Crippen LogP contribution in [0.1, 0.15) is 26.3 Å². The van der Waals surface area contributed by atoms with Crippen molar-refractivity contribution in [3.05, 3.63) is 69.0 Å². The summed E-state index contributed by atoms with van der Waals surface area (Å²) in [4.78, 5) is 24.6. The Bertz CT molecular complexity index is 1090. The van der Waals surface area contributed by atoms with Gasteiger partial charge in [-0.3, -0.25) is 4.79 Å². The third-order valence-electron chi connectivity index (χ3n) is 3.93. The molecule has 3 rings (SSSR count). The Morgan fingerprint density at radius 3 is 2.28 bits per heavy atom. The molecule has 29 heavy (non-hydrogen) atoms. The van der Waals surface area contributed by atoms with Gasteiger partial charge in [-0.05, 0) is 35.9 Å². The van der Waals surface area contributed by atoms with Gasteiger partial charge >= 0.3 is 12.1 Å². The van der Waals surface area contributed by atoms with Gasteiger partial charge in [-0.25, -0.2) is 4.79 Å². The summed E-state index contributed by atoms with van der Waals surface area (Å²) in [6.07, 6.45) is -4.67. The van der Waals surface area contributed by atoms with E-state index in [4.69, 9.17) is 0 Å². The molecular weight excluding hydrogens is 475 g/mol. The number of hydrogen-bond donors (Lipinski definition) is 3. The molecule has 1 aromatic heterocycles. The number of hydrogen-bond acceptors (Lipinski definition) is 4. The highest BCUT2D eigenvalue weighted by Gasteiger charge is 2.32. The molecular formula is C19H11BrF3NO4S. The van der Waals surface area contributed by atoms with Gasteiger partial charge in [0, 0.05) is 9.85 Å². The Morgan fingerprint density at radius 1 is 1.07 bits per heavy atom. The average Bonchev–Trinajstić information content (AvgIpc) is 3.05. The lowest BCUT2D eigenvalue weighted by molar-refractivity contribution is -0.137. The first-order chi connectivity index (χ1) is 13.6. The predicted octanol–water partition coefficient (Wildman–Crippen LogP) is 5.85. The van der Waals surface area contributed by atoms with E-state index in [9.17, 15) is 33.0 Å². The third-order valence-corrected chi connectivity index (χ3v) is 5.49. The van der Waals surface area contributed by atoms with Crippen LogP contribution in [0.5, 0.6) is 5.75 Å². The standard InChI is InChI=1S/C19H11BrF3NO4S/c20-11-4-1-9(2-5-11)16-15(18(27)28)13(8-29-16)24-17(26)12-6-3-10(7-14(12)25)19(21,22)23/h1-8,25H,(H,24,26)(H,27,28). The normalized spacial score (nSPS) is 11.3. The molecule has 0 aliphatic heterocycles. The lowest BCUT2D eigenvalue weighted by Gasteiger charge is -2.10. The molecule has 0 bridgehead atoms. The van der Waals surface area contributed by atoms with Crippen LogP contribution in [0.3, 0.4) is 0 Å². The summed E-state index contributed by atoms with van der Waals surface area (Å²) in [6.45, 7) is 0. The molecule has 0 saturated heterocycles. The van der Waals surface area contributed by atoms with Gasteiger partial charge in [0.15, 0.2) is 0 Å². The fraction of sp³-hybridized carbons (Fsp3) is 0.0526. The molecule has 3 aromatic rings. The molecule has 0 fully saturated rings. The number of phenolic OH excluding ortho intramolecular Hbond substituents is 1. The minimum absolute atomic E-state index is 0.0234. The zero-order valence-corrected chi connectivity index (χ0v) is 16.7. The van der Waals surface area contributed by atoms with Gasteiger partial charge in [0.05, 0.1) is 21.7 Å². The number of carbonyl (C=O) groups is 2.